The third-order valence-electron chi connectivity index (χ3n) is 4.04. The molecular formula is C19H26N3O5P. The van der Waals surface area contributed by atoms with Crippen molar-refractivity contribution in [3.63, 3.8) is 0 Å². The summed E-state index contributed by atoms with van der Waals surface area (Å²) >= 11 is 0. The Morgan fingerprint density at radius 1 is 1.04 bits per heavy atom. The molecule has 9 heteroatoms. The van der Waals surface area contributed by atoms with Gasteiger partial charge in [0, 0.05) is 37.6 Å². The first-order valence-corrected chi connectivity index (χ1v) is 10.6. The lowest BCUT2D eigenvalue weighted by Crippen LogP contribution is -2.16. The van der Waals surface area contributed by atoms with Crippen molar-refractivity contribution >= 4 is 24.7 Å². The Labute approximate surface area is 165 Å². The molecule has 152 valence electrons. The SMILES string of the molecule is CCOP(=O)(OCC)[C@H](Nc1ccc([N+](=O)[O-])cc1)c1ccc(N(C)C)cc1. The van der Waals surface area contributed by atoms with Crippen LogP contribution in [0.4, 0.5) is 17.1 Å². The molecule has 8 nitrogen and oxygen atoms in total. The highest BCUT2D eigenvalue weighted by atomic mass is 31.2. The summed E-state index contributed by atoms with van der Waals surface area (Å²) in [6.07, 6.45) is 0. The number of hydrogen-bond donors (Lipinski definition) is 1. The second kappa shape index (κ2) is 9.68. The lowest BCUT2D eigenvalue weighted by Gasteiger charge is -2.28. The predicted octanol–water partition coefficient (Wildman–Crippen LogP) is 5.04. The van der Waals surface area contributed by atoms with Crippen molar-refractivity contribution in [1.29, 1.82) is 0 Å². The maximum atomic E-state index is 13.5. The van der Waals surface area contributed by atoms with Crippen LogP contribution in [-0.2, 0) is 13.6 Å². The Hall–Kier alpha value is -2.41. The van der Waals surface area contributed by atoms with Crippen LogP contribution in [0.15, 0.2) is 48.5 Å². The van der Waals surface area contributed by atoms with Crippen molar-refractivity contribution in [2.24, 2.45) is 0 Å². The zero-order chi connectivity index (χ0) is 20.7. The van der Waals surface area contributed by atoms with Gasteiger partial charge in [-0.15, -0.1) is 0 Å². The van der Waals surface area contributed by atoms with E-state index in [9.17, 15) is 14.7 Å². The lowest BCUT2D eigenvalue weighted by atomic mass is 10.2. The molecule has 0 amide bonds. The molecular weight excluding hydrogens is 381 g/mol. The second-order valence-electron chi connectivity index (χ2n) is 6.21. The minimum atomic E-state index is -3.55. The van der Waals surface area contributed by atoms with E-state index in [1.807, 2.05) is 43.3 Å². The van der Waals surface area contributed by atoms with Crippen molar-refractivity contribution in [2.75, 3.05) is 37.5 Å². The summed E-state index contributed by atoms with van der Waals surface area (Å²) in [5.74, 6) is -0.759. The maximum absolute atomic E-state index is 13.5. The first kappa shape index (κ1) is 21.9. The van der Waals surface area contributed by atoms with Crippen LogP contribution in [-0.4, -0.2) is 32.2 Å². The summed E-state index contributed by atoms with van der Waals surface area (Å²) in [6, 6.07) is 13.5. The van der Waals surface area contributed by atoms with Crippen molar-refractivity contribution in [3.8, 4) is 0 Å². The van der Waals surface area contributed by atoms with E-state index in [4.69, 9.17) is 9.05 Å². The van der Waals surface area contributed by atoms with Gasteiger partial charge in [0.25, 0.3) is 5.69 Å². The van der Waals surface area contributed by atoms with E-state index in [2.05, 4.69) is 5.32 Å². The predicted molar refractivity (Wildman–Crippen MR) is 111 cm³/mol. The molecule has 2 rings (SSSR count). The fraction of sp³-hybridized carbons (Fsp3) is 0.368. The van der Waals surface area contributed by atoms with Gasteiger partial charge in [0.2, 0.25) is 0 Å². The third kappa shape index (κ3) is 5.32. The van der Waals surface area contributed by atoms with Gasteiger partial charge in [-0.25, -0.2) is 0 Å². The van der Waals surface area contributed by atoms with Gasteiger partial charge in [-0.3, -0.25) is 14.7 Å². The number of nitro groups is 1. The average molecular weight is 407 g/mol. The van der Waals surface area contributed by atoms with E-state index in [1.165, 1.54) is 12.1 Å². The fourth-order valence-electron chi connectivity index (χ4n) is 2.68. The summed E-state index contributed by atoms with van der Waals surface area (Å²) in [4.78, 5) is 12.4. The Morgan fingerprint density at radius 2 is 1.57 bits per heavy atom. The van der Waals surface area contributed by atoms with Crippen LogP contribution >= 0.6 is 7.60 Å². The van der Waals surface area contributed by atoms with E-state index >= 15 is 0 Å². The third-order valence-corrected chi connectivity index (χ3v) is 6.34. The first-order valence-electron chi connectivity index (χ1n) is 8.97. The second-order valence-corrected chi connectivity index (χ2v) is 8.32. The smallest absolute Gasteiger partial charge is 0.357 e. The van der Waals surface area contributed by atoms with Gasteiger partial charge in [-0.2, -0.15) is 0 Å². The van der Waals surface area contributed by atoms with Crippen molar-refractivity contribution in [1.82, 2.24) is 0 Å². The Bertz CT molecular complexity index is 814. The van der Waals surface area contributed by atoms with Crippen molar-refractivity contribution < 1.29 is 18.5 Å². The molecule has 0 aliphatic heterocycles. The summed E-state index contributed by atoms with van der Waals surface area (Å²) in [7, 11) is 0.330. The number of benzene rings is 2. The van der Waals surface area contributed by atoms with Gasteiger partial charge in [-0.05, 0) is 43.7 Å². The Kier molecular flexibility index (Phi) is 7.57. The zero-order valence-corrected chi connectivity index (χ0v) is 17.4. The van der Waals surface area contributed by atoms with Crippen LogP contribution in [0, 0.1) is 10.1 Å². The molecule has 28 heavy (non-hydrogen) atoms. The van der Waals surface area contributed by atoms with Crippen LogP contribution in [0.2, 0.25) is 0 Å². The van der Waals surface area contributed by atoms with E-state index < -0.39 is 18.3 Å². The van der Waals surface area contributed by atoms with E-state index in [0.29, 0.717) is 5.69 Å². The van der Waals surface area contributed by atoms with Gasteiger partial charge in [0.1, 0.15) is 0 Å². The number of nitrogens with one attached hydrogen (secondary N) is 1. The van der Waals surface area contributed by atoms with Gasteiger partial charge in [-0.1, -0.05) is 12.1 Å². The summed E-state index contributed by atoms with van der Waals surface area (Å²) in [5, 5.41) is 14.0. The number of nitro benzene ring substituents is 1. The summed E-state index contributed by atoms with van der Waals surface area (Å²) in [6.45, 7) is 3.96. The molecule has 0 aromatic heterocycles. The summed E-state index contributed by atoms with van der Waals surface area (Å²) in [5.41, 5.74) is 2.29. The Morgan fingerprint density at radius 3 is 2.00 bits per heavy atom. The number of nitrogens with zero attached hydrogens (tertiary/aromatic N) is 2. The average Bonchev–Trinajstić information content (AvgIpc) is 2.67. The quantitative estimate of drug-likeness (QED) is 0.335. The van der Waals surface area contributed by atoms with E-state index in [-0.39, 0.29) is 18.9 Å². The standard InChI is InChI=1S/C19H26N3O5P/c1-5-26-28(25,27-6-2)19(15-7-11-17(12-8-15)21(3)4)20-16-9-13-18(14-10-16)22(23)24/h7-14,19-20H,5-6H2,1-4H3/t19-/m0/s1. The highest BCUT2D eigenvalue weighted by molar-refractivity contribution is 7.54. The molecule has 0 aliphatic rings. The van der Waals surface area contributed by atoms with Crippen LogP contribution in [0.5, 0.6) is 0 Å². The van der Waals surface area contributed by atoms with Crippen LogP contribution in [0.1, 0.15) is 25.2 Å². The molecule has 0 bridgehead atoms. The molecule has 2 aromatic rings. The zero-order valence-electron chi connectivity index (χ0n) is 16.5. The number of rotatable bonds is 10. The van der Waals surface area contributed by atoms with Gasteiger partial charge in [0.05, 0.1) is 18.1 Å². The molecule has 0 aliphatic carbocycles. The molecule has 0 saturated heterocycles. The van der Waals surface area contributed by atoms with Crippen molar-refractivity contribution in [2.45, 2.75) is 19.6 Å². The van der Waals surface area contributed by atoms with Crippen LogP contribution in [0.3, 0.4) is 0 Å². The first-order chi connectivity index (χ1) is 13.3. The molecule has 0 spiro atoms. The highest BCUT2D eigenvalue weighted by Crippen LogP contribution is 2.60. The molecule has 0 saturated carbocycles. The van der Waals surface area contributed by atoms with Gasteiger partial charge >= 0.3 is 7.60 Å². The van der Waals surface area contributed by atoms with Gasteiger partial charge in [0.15, 0.2) is 5.78 Å². The van der Waals surface area contributed by atoms with Gasteiger partial charge < -0.3 is 19.3 Å². The number of non-ortho nitro benzene ring substituents is 1. The van der Waals surface area contributed by atoms with Crippen LogP contribution in [0.25, 0.3) is 0 Å². The molecule has 0 heterocycles. The normalized spacial score (nSPS) is 12.4. The van der Waals surface area contributed by atoms with Crippen LogP contribution < -0.4 is 10.2 Å². The van der Waals surface area contributed by atoms with E-state index in [0.717, 1.165) is 11.3 Å². The summed E-state index contributed by atoms with van der Waals surface area (Å²) < 4.78 is 24.6. The molecule has 0 fully saturated rings. The minimum absolute atomic E-state index is 0.0183. The lowest BCUT2D eigenvalue weighted by molar-refractivity contribution is -0.384. The topological polar surface area (TPSA) is 93.9 Å². The molecule has 1 atom stereocenters. The van der Waals surface area contributed by atoms with E-state index in [1.54, 1.807) is 26.0 Å². The molecule has 0 unspecified atom stereocenters. The maximum Gasteiger partial charge on any atom is 0.357 e. The number of anilines is 2. The molecule has 0 radical (unpaired) electrons. The highest BCUT2D eigenvalue weighted by Gasteiger charge is 2.37. The number of hydrogen-bond acceptors (Lipinski definition) is 7. The molecule has 1 N–H and O–H groups in total. The Balaban J connectivity index is 2.42. The van der Waals surface area contributed by atoms with Crippen molar-refractivity contribution in [3.05, 3.63) is 64.2 Å². The largest absolute Gasteiger partial charge is 0.378 e. The monoisotopic (exact) mass is 407 g/mol. The molecule has 2 aromatic carbocycles. The minimum Gasteiger partial charge on any atom is -0.378 e. The fourth-order valence-corrected chi connectivity index (χ4v) is 4.62.